The number of aromatic nitrogens is 3. The number of rotatable bonds is 6. The molecule has 0 aliphatic rings. The molecule has 0 unspecified atom stereocenters. The molecule has 4 aromatic rings. The Kier molecular flexibility index (Phi) is 4.64. The maximum absolute atomic E-state index is 12.5. The fourth-order valence-electron chi connectivity index (χ4n) is 3.45. The molecule has 1 amide bonds. The minimum atomic E-state index is -0.149. The number of nitrogens with zero attached hydrogens (tertiary/aromatic N) is 2. The maximum atomic E-state index is 12.5. The molecule has 3 N–H and O–H groups in total. The van der Waals surface area contributed by atoms with Crippen LogP contribution in [0.25, 0.3) is 21.9 Å². The second-order valence-corrected chi connectivity index (χ2v) is 6.69. The van der Waals surface area contributed by atoms with Crippen LogP contribution in [-0.2, 0) is 17.9 Å². The largest absolute Gasteiger partial charge is 0.388 e. The van der Waals surface area contributed by atoms with E-state index in [1.54, 1.807) is 0 Å². The highest BCUT2D eigenvalue weighted by Gasteiger charge is 2.13. The summed E-state index contributed by atoms with van der Waals surface area (Å²) in [4.78, 5) is 20.0. The van der Waals surface area contributed by atoms with Crippen LogP contribution < -0.4 is 5.32 Å². The number of imidazole rings is 1. The highest BCUT2D eigenvalue weighted by Crippen LogP contribution is 2.20. The number of aliphatic hydroxyl groups is 1. The number of carbonyl (C=O) groups excluding carboxylic acids is 1. The average Bonchev–Trinajstić information content (AvgIpc) is 3.29. The standard InChI is InChI=1S/C21H22N4O2/c1-14(15-6-7-17-16(12-15)8-10-22-17)23-21(27)9-11-25-19-5-3-2-4-18(19)24-20(25)13-26/h2-8,10,12,14,22,26H,9,11,13H2,1H3,(H,23,27)/t14-/m0/s1. The van der Waals surface area contributed by atoms with Crippen LogP contribution in [0, 0.1) is 0 Å². The summed E-state index contributed by atoms with van der Waals surface area (Å²) in [6.45, 7) is 2.31. The number of aromatic amines is 1. The van der Waals surface area contributed by atoms with Crippen molar-refractivity contribution in [3.63, 3.8) is 0 Å². The third kappa shape index (κ3) is 3.44. The van der Waals surface area contributed by atoms with Crippen LogP contribution in [0.2, 0.25) is 0 Å². The molecule has 2 aromatic heterocycles. The third-order valence-corrected chi connectivity index (χ3v) is 4.89. The molecule has 0 fully saturated rings. The molecule has 138 valence electrons. The topological polar surface area (TPSA) is 82.9 Å². The molecule has 0 saturated carbocycles. The van der Waals surface area contributed by atoms with Crippen molar-refractivity contribution < 1.29 is 9.90 Å². The van der Waals surface area contributed by atoms with Gasteiger partial charge in [0.2, 0.25) is 5.91 Å². The second kappa shape index (κ2) is 7.25. The number of nitrogens with one attached hydrogen (secondary N) is 2. The van der Waals surface area contributed by atoms with Crippen molar-refractivity contribution in [3.05, 3.63) is 66.1 Å². The van der Waals surface area contributed by atoms with Crippen LogP contribution in [0.1, 0.15) is 30.8 Å². The summed E-state index contributed by atoms with van der Waals surface area (Å²) in [5, 5.41) is 13.7. The maximum Gasteiger partial charge on any atom is 0.222 e. The second-order valence-electron chi connectivity index (χ2n) is 6.69. The van der Waals surface area contributed by atoms with Gasteiger partial charge in [0, 0.05) is 24.7 Å². The number of fused-ring (bicyclic) bond motifs is 2. The van der Waals surface area contributed by atoms with Gasteiger partial charge in [0.05, 0.1) is 17.1 Å². The Balaban J connectivity index is 1.43. The summed E-state index contributed by atoms with van der Waals surface area (Å²) in [7, 11) is 0. The summed E-state index contributed by atoms with van der Waals surface area (Å²) in [5.74, 6) is 0.549. The fourth-order valence-corrected chi connectivity index (χ4v) is 3.45. The molecule has 0 bridgehead atoms. The van der Waals surface area contributed by atoms with E-state index in [1.807, 2.05) is 60.2 Å². The van der Waals surface area contributed by atoms with Gasteiger partial charge < -0.3 is 20.0 Å². The molecule has 27 heavy (non-hydrogen) atoms. The molecular formula is C21H22N4O2. The van der Waals surface area contributed by atoms with Crippen LogP contribution in [0.4, 0.5) is 0 Å². The predicted molar refractivity (Wildman–Crippen MR) is 105 cm³/mol. The Morgan fingerprint density at radius 1 is 1.26 bits per heavy atom. The number of hydrogen-bond donors (Lipinski definition) is 3. The van der Waals surface area contributed by atoms with Crippen LogP contribution in [0.3, 0.4) is 0 Å². The summed E-state index contributed by atoms with van der Waals surface area (Å²) in [5.41, 5.74) is 3.91. The Morgan fingerprint density at radius 3 is 2.96 bits per heavy atom. The normalized spacial score (nSPS) is 12.5. The number of aliphatic hydroxyl groups excluding tert-OH is 1. The highest BCUT2D eigenvalue weighted by molar-refractivity contribution is 5.81. The third-order valence-electron chi connectivity index (χ3n) is 4.89. The highest BCUT2D eigenvalue weighted by atomic mass is 16.3. The first-order valence-electron chi connectivity index (χ1n) is 9.07. The number of benzene rings is 2. The molecule has 6 heteroatoms. The molecule has 2 aromatic carbocycles. The number of amides is 1. The average molecular weight is 362 g/mol. The monoisotopic (exact) mass is 362 g/mol. The Labute approximate surface area is 156 Å². The summed E-state index contributed by atoms with van der Waals surface area (Å²) in [6.07, 6.45) is 2.23. The van der Waals surface area contributed by atoms with E-state index in [-0.39, 0.29) is 18.6 Å². The summed E-state index contributed by atoms with van der Waals surface area (Å²) >= 11 is 0. The number of carbonyl (C=O) groups is 1. The van der Waals surface area contributed by atoms with E-state index < -0.39 is 0 Å². The predicted octanol–water partition coefficient (Wildman–Crippen LogP) is 3.28. The molecule has 6 nitrogen and oxygen atoms in total. The molecule has 2 heterocycles. The van der Waals surface area contributed by atoms with Crippen molar-refractivity contribution in [1.29, 1.82) is 0 Å². The van der Waals surface area contributed by atoms with Crippen molar-refractivity contribution in [2.24, 2.45) is 0 Å². The number of para-hydroxylation sites is 2. The molecule has 4 rings (SSSR count). The fraction of sp³-hybridized carbons (Fsp3) is 0.238. The van der Waals surface area contributed by atoms with Gasteiger partial charge in [0.1, 0.15) is 12.4 Å². The van der Waals surface area contributed by atoms with Crippen LogP contribution in [0.5, 0.6) is 0 Å². The van der Waals surface area contributed by atoms with Gasteiger partial charge in [0.25, 0.3) is 0 Å². The zero-order valence-electron chi connectivity index (χ0n) is 15.1. The van der Waals surface area contributed by atoms with Gasteiger partial charge in [-0.1, -0.05) is 18.2 Å². The Bertz CT molecular complexity index is 1100. The number of aryl methyl sites for hydroxylation is 1. The number of H-pyrrole nitrogens is 1. The van der Waals surface area contributed by atoms with E-state index in [0.717, 1.165) is 27.5 Å². The minimum Gasteiger partial charge on any atom is -0.388 e. The van der Waals surface area contributed by atoms with E-state index >= 15 is 0 Å². The Hall–Kier alpha value is -3.12. The van der Waals surface area contributed by atoms with Gasteiger partial charge in [-0.2, -0.15) is 0 Å². The van der Waals surface area contributed by atoms with E-state index in [0.29, 0.717) is 18.8 Å². The lowest BCUT2D eigenvalue weighted by Gasteiger charge is -2.15. The Morgan fingerprint density at radius 2 is 2.11 bits per heavy atom. The van der Waals surface area contributed by atoms with Gasteiger partial charge >= 0.3 is 0 Å². The van der Waals surface area contributed by atoms with Crippen LogP contribution in [0.15, 0.2) is 54.7 Å². The molecule has 0 aliphatic heterocycles. The molecule has 1 atom stereocenters. The quantitative estimate of drug-likeness (QED) is 0.492. The van der Waals surface area contributed by atoms with E-state index in [2.05, 4.69) is 21.4 Å². The van der Waals surface area contributed by atoms with Crippen molar-refractivity contribution >= 4 is 27.8 Å². The van der Waals surface area contributed by atoms with Crippen molar-refractivity contribution in [2.75, 3.05) is 0 Å². The van der Waals surface area contributed by atoms with Crippen molar-refractivity contribution in [1.82, 2.24) is 19.9 Å². The zero-order chi connectivity index (χ0) is 18.8. The first-order chi connectivity index (χ1) is 13.2. The molecule has 0 spiro atoms. The molecule has 0 aliphatic carbocycles. The van der Waals surface area contributed by atoms with Gasteiger partial charge in [-0.3, -0.25) is 4.79 Å². The molecule has 0 radical (unpaired) electrons. The van der Waals surface area contributed by atoms with Crippen molar-refractivity contribution in [3.8, 4) is 0 Å². The molecular weight excluding hydrogens is 340 g/mol. The van der Waals surface area contributed by atoms with Gasteiger partial charge in [-0.05, 0) is 48.2 Å². The van der Waals surface area contributed by atoms with Gasteiger partial charge in [-0.25, -0.2) is 4.98 Å². The summed E-state index contributed by atoms with van der Waals surface area (Å²) < 4.78 is 1.91. The van der Waals surface area contributed by atoms with Crippen LogP contribution in [-0.4, -0.2) is 25.5 Å². The van der Waals surface area contributed by atoms with E-state index in [4.69, 9.17) is 0 Å². The number of hydrogen-bond acceptors (Lipinski definition) is 3. The van der Waals surface area contributed by atoms with Gasteiger partial charge in [0.15, 0.2) is 0 Å². The molecule has 0 saturated heterocycles. The van der Waals surface area contributed by atoms with Crippen molar-refractivity contribution in [2.45, 2.75) is 32.5 Å². The SMILES string of the molecule is C[C@H](NC(=O)CCn1c(CO)nc2ccccc21)c1ccc2[nH]ccc2c1. The lowest BCUT2D eigenvalue weighted by Crippen LogP contribution is -2.27. The lowest BCUT2D eigenvalue weighted by atomic mass is 10.1. The smallest absolute Gasteiger partial charge is 0.222 e. The minimum absolute atomic E-state index is 0.0293. The lowest BCUT2D eigenvalue weighted by molar-refractivity contribution is -0.121. The van der Waals surface area contributed by atoms with Gasteiger partial charge in [-0.15, -0.1) is 0 Å². The van der Waals surface area contributed by atoms with Crippen LogP contribution >= 0.6 is 0 Å². The first kappa shape index (κ1) is 17.3. The zero-order valence-corrected chi connectivity index (χ0v) is 15.1. The first-order valence-corrected chi connectivity index (χ1v) is 9.07. The summed E-state index contributed by atoms with van der Waals surface area (Å²) in [6, 6.07) is 15.8. The van der Waals surface area contributed by atoms with E-state index in [1.165, 1.54) is 0 Å². The van der Waals surface area contributed by atoms with E-state index in [9.17, 15) is 9.90 Å².